The number of rotatable bonds is 17. The van der Waals surface area contributed by atoms with Crippen molar-refractivity contribution >= 4 is 41.4 Å². The number of H-pyrrole nitrogens is 1. The van der Waals surface area contributed by atoms with E-state index in [1.165, 1.54) is 24.3 Å². The molecule has 0 saturated carbocycles. The first kappa shape index (κ1) is 30.7. The molecule has 1 aromatic heterocycles. The van der Waals surface area contributed by atoms with Gasteiger partial charge < -0.3 is 48.3 Å². The van der Waals surface area contributed by atoms with Crippen LogP contribution in [0.25, 0.3) is 0 Å². The van der Waals surface area contributed by atoms with E-state index in [2.05, 4.69) is 30.9 Å². The highest BCUT2D eigenvalue weighted by molar-refractivity contribution is 7.98. The van der Waals surface area contributed by atoms with Gasteiger partial charge in [0.25, 0.3) is 0 Å². The van der Waals surface area contributed by atoms with Gasteiger partial charge >= 0.3 is 5.97 Å². The number of imidazole rings is 1. The fourth-order valence-electron chi connectivity index (χ4n) is 2.99. The number of nitrogens with one attached hydrogen (secondary N) is 4. The van der Waals surface area contributed by atoms with E-state index in [-0.39, 0.29) is 25.2 Å². The van der Waals surface area contributed by atoms with Crippen molar-refractivity contribution in [3.63, 3.8) is 0 Å². The maximum absolute atomic E-state index is 12.9. The minimum absolute atomic E-state index is 0.0692. The number of amides is 3. The molecule has 202 valence electrons. The topological polar surface area (TPSA) is 264 Å². The number of aliphatic hydroxyl groups excluding tert-OH is 1. The minimum Gasteiger partial charge on any atom is -0.480 e. The molecule has 3 amide bonds. The zero-order valence-electron chi connectivity index (χ0n) is 20.0. The molecule has 36 heavy (non-hydrogen) atoms. The van der Waals surface area contributed by atoms with Crippen molar-refractivity contribution < 1.29 is 29.4 Å². The van der Waals surface area contributed by atoms with Crippen LogP contribution < -0.4 is 33.2 Å². The maximum atomic E-state index is 12.9. The summed E-state index contributed by atoms with van der Waals surface area (Å²) in [5, 5.41) is 26.3. The van der Waals surface area contributed by atoms with E-state index in [0.717, 1.165) is 0 Å². The van der Waals surface area contributed by atoms with Crippen LogP contribution in [-0.2, 0) is 25.6 Å². The van der Waals surface area contributed by atoms with E-state index in [1.807, 2.05) is 6.26 Å². The highest BCUT2D eigenvalue weighted by atomic mass is 32.2. The number of carbonyl (C=O) groups is 4. The quantitative estimate of drug-likeness (QED) is 0.0545. The molecule has 4 unspecified atom stereocenters. The van der Waals surface area contributed by atoms with Gasteiger partial charge in [0.05, 0.1) is 19.0 Å². The van der Waals surface area contributed by atoms with Gasteiger partial charge in [0.15, 0.2) is 5.96 Å². The molecule has 1 aromatic rings. The summed E-state index contributed by atoms with van der Waals surface area (Å²) < 4.78 is 0. The zero-order chi connectivity index (χ0) is 27.1. The maximum Gasteiger partial charge on any atom is 0.326 e. The minimum atomic E-state index is -1.44. The van der Waals surface area contributed by atoms with Crippen molar-refractivity contribution in [3.05, 3.63) is 18.2 Å². The molecule has 0 aliphatic carbocycles. The lowest BCUT2D eigenvalue weighted by atomic mass is 10.1. The summed E-state index contributed by atoms with van der Waals surface area (Å²) in [5.41, 5.74) is 16.9. The summed E-state index contributed by atoms with van der Waals surface area (Å²) in [5.74, 6) is -3.06. The molecule has 15 nitrogen and oxygen atoms in total. The second-order valence-electron chi connectivity index (χ2n) is 7.82. The number of aromatic nitrogens is 2. The Morgan fingerprint density at radius 1 is 1.08 bits per heavy atom. The lowest BCUT2D eigenvalue weighted by molar-refractivity contribution is -0.142. The van der Waals surface area contributed by atoms with Crippen LogP contribution in [0.3, 0.4) is 0 Å². The molecule has 1 heterocycles. The first-order chi connectivity index (χ1) is 17.1. The molecule has 4 atom stereocenters. The first-order valence-electron chi connectivity index (χ1n) is 11.1. The molecule has 0 aliphatic heterocycles. The predicted molar refractivity (Wildman–Crippen MR) is 134 cm³/mol. The van der Waals surface area contributed by atoms with Gasteiger partial charge in [-0.3, -0.25) is 19.4 Å². The largest absolute Gasteiger partial charge is 0.480 e. The number of aliphatic hydroxyl groups is 1. The third-order valence-electron chi connectivity index (χ3n) is 4.96. The number of nitrogens with two attached hydrogens (primary N) is 3. The lowest BCUT2D eigenvalue weighted by Gasteiger charge is -2.24. The van der Waals surface area contributed by atoms with Gasteiger partial charge in [-0.05, 0) is 31.3 Å². The molecule has 1 rings (SSSR count). The third kappa shape index (κ3) is 11.4. The fourth-order valence-corrected chi connectivity index (χ4v) is 3.46. The van der Waals surface area contributed by atoms with E-state index in [4.69, 9.17) is 17.2 Å². The number of carboxylic acid groups (broad SMARTS) is 1. The lowest BCUT2D eigenvalue weighted by Crippen LogP contribution is -2.58. The predicted octanol–water partition coefficient (Wildman–Crippen LogP) is -3.38. The molecule has 0 aliphatic rings. The number of carbonyl (C=O) groups excluding carboxylic acids is 3. The van der Waals surface area contributed by atoms with E-state index in [0.29, 0.717) is 24.4 Å². The summed E-state index contributed by atoms with van der Waals surface area (Å²) in [6, 6.07) is -4.72. The Hall–Kier alpha value is -3.37. The monoisotopic (exact) mass is 529 g/mol. The van der Waals surface area contributed by atoms with Crippen LogP contribution in [-0.4, -0.2) is 99.2 Å². The molecular formula is C20H35N9O6S. The van der Waals surface area contributed by atoms with Crippen molar-refractivity contribution in [2.45, 2.75) is 49.9 Å². The summed E-state index contributed by atoms with van der Waals surface area (Å²) in [6.45, 7) is -0.494. The molecule has 0 bridgehead atoms. The number of nitrogens with zero attached hydrogens (tertiary/aromatic N) is 2. The number of hydrogen-bond acceptors (Lipinski definition) is 9. The van der Waals surface area contributed by atoms with Crippen LogP contribution in [0.4, 0.5) is 0 Å². The fraction of sp³-hybridized carbons (Fsp3) is 0.600. The molecule has 16 heteroatoms. The number of aliphatic carboxylic acids is 1. The molecule has 0 radical (unpaired) electrons. The van der Waals surface area contributed by atoms with Gasteiger partial charge in [0.2, 0.25) is 17.7 Å². The summed E-state index contributed by atoms with van der Waals surface area (Å²) >= 11 is 1.44. The van der Waals surface area contributed by atoms with Gasteiger partial charge in [-0.15, -0.1) is 0 Å². The van der Waals surface area contributed by atoms with Crippen molar-refractivity contribution in [2.75, 3.05) is 25.2 Å². The van der Waals surface area contributed by atoms with Gasteiger partial charge in [0.1, 0.15) is 18.1 Å². The first-order valence-corrected chi connectivity index (χ1v) is 12.5. The Morgan fingerprint density at radius 2 is 1.72 bits per heavy atom. The highest BCUT2D eigenvalue weighted by Gasteiger charge is 2.30. The second-order valence-corrected chi connectivity index (χ2v) is 8.81. The van der Waals surface area contributed by atoms with Crippen LogP contribution >= 0.6 is 11.8 Å². The average molecular weight is 530 g/mol. The summed E-state index contributed by atoms with van der Waals surface area (Å²) in [4.78, 5) is 59.8. The average Bonchev–Trinajstić information content (AvgIpc) is 3.34. The Bertz CT molecular complexity index is 879. The van der Waals surface area contributed by atoms with Gasteiger partial charge in [-0.2, -0.15) is 11.8 Å². The van der Waals surface area contributed by atoms with Crippen molar-refractivity contribution in [3.8, 4) is 0 Å². The molecule has 0 saturated heterocycles. The Morgan fingerprint density at radius 3 is 2.28 bits per heavy atom. The van der Waals surface area contributed by atoms with Gasteiger partial charge in [0, 0.05) is 24.9 Å². The van der Waals surface area contributed by atoms with E-state index < -0.39 is 54.5 Å². The number of aromatic amines is 1. The normalized spacial score (nSPS) is 14.1. The van der Waals surface area contributed by atoms with Crippen LogP contribution in [0.1, 0.15) is 25.0 Å². The Labute approximate surface area is 212 Å². The van der Waals surface area contributed by atoms with E-state index in [9.17, 15) is 29.4 Å². The second kappa shape index (κ2) is 16.3. The SMILES string of the molecule is CSCCC(NC(=O)C(N)CCCN=C(N)N)C(=O)NC(CO)C(=O)NC(Cc1cnc[nH]1)C(=O)O. The van der Waals surface area contributed by atoms with Crippen molar-refractivity contribution in [2.24, 2.45) is 22.2 Å². The molecule has 0 aromatic carbocycles. The van der Waals surface area contributed by atoms with Crippen molar-refractivity contribution in [1.29, 1.82) is 0 Å². The summed E-state index contributed by atoms with van der Waals surface area (Å²) in [7, 11) is 0. The number of guanidine groups is 1. The molecule has 0 fully saturated rings. The molecular weight excluding hydrogens is 494 g/mol. The third-order valence-corrected chi connectivity index (χ3v) is 5.60. The van der Waals surface area contributed by atoms with Crippen molar-refractivity contribution in [1.82, 2.24) is 25.9 Å². The number of aliphatic imine (C=N–C) groups is 1. The number of thioether (sulfide) groups is 1. The highest BCUT2D eigenvalue weighted by Crippen LogP contribution is 2.05. The number of carboxylic acids is 1. The van der Waals surface area contributed by atoms with Crippen LogP contribution in [0, 0.1) is 0 Å². The Balaban J connectivity index is 2.76. The van der Waals surface area contributed by atoms with Crippen LogP contribution in [0.5, 0.6) is 0 Å². The standard InChI is InChI=1S/C20H35N9O6S/c1-36-6-4-13(27-16(31)12(21)3-2-5-25-20(22)23)17(32)29-15(9-30)18(33)28-14(19(34)35)7-11-8-24-10-26-11/h8,10,12-15,30H,2-7,9,21H2,1H3,(H,24,26)(H,27,31)(H,28,33)(H,29,32)(H,34,35)(H4,22,23,25). The molecule has 0 spiro atoms. The van der Waals surface area contributed by atoms with E-state index >= 15 is 0 Å². The van der Waals surface area contributed by atoms with Crippen LogP contribution in [0.2, 0.25) is 0 Å². The zero-order valence-corrected chi connectivity index (χ0v) is 20.8. The Kier molecular flexibility index (Phi) is 13.9. The smallest absolute Gasteiger partial charge is 0.326 e. The number of hydrogen-bond donors (Lipinski definition) is 9. The molecule has 12 N–H and O–H groups in total. The summed E-state index contributed by atoms with van der Waals surface area (Å²) in [6.07, 6.45) is 5.47. The van der Waals surface area contributed by atoms with E-state index in [1.54, 1.807) is 0 Å². The van der Waals surface area contributed by atoms with Gasteiger partial charge in [-0.25, -0.2) is 9.78 Å². The van der Waals surface area contributed by atoms with Gasteiger partial charge in [-0.1, -0.05) is 0 Å². The van der Waals surface area contributed by atoms with Crippen LogP contribution in [0.15, 0.2) is 17.5 Å².